The minimum Gasteiger partial charge on any atom is -0.456 e. The summed E-state index contributed by atoms with van der Waals surface area (Å²) in [4.78, 5) is 14.8. The third-order valence-electron chi connectivity index (χ3n) is 10.1. The van der Waals surface area contributed by atoms with Crippen molar-refractivity contribution < 1.29 is 17.1 Å². The highest BCUT2D eigenvalue weighted by Gasteiger charge is 2.19. The topological polar surface area (TPSA) is 65.0 Å². The van der Waals surface area contributed by atoms with Crippen LogP contribution in [-0.2, 0) is 0 Å². The third-order valence-corrected chi connectivity index (χ3v) is 10.1. The Kier molecular flexibility index (Phi) is 6.10. The van der Waals surface area contributed by atoms with Gasteiger partial charge in [-0.2, -0.15) is 0 Å². The van der Waals surface area contributed by atoms with Crippen LogP contribution in [0.1, 0.15) is 8.22 Å². The lowest BCUT2D eigenvalue weighted by Gasteiger charge is -2.10. The van der Waals surface area contributed by atoms with Gasteiger partial charge >= 0.3 is 0 Å². The molecule has 0 unspecified atom stereocenters. The van der Waals surface area contributed by atoms with Gasteiger partial charge in [0.05, 0.1) is 8.22 Å². The molecule has 0 saturated heterocycles. The number of fused-ring (bicyclic) bond motifs is 6. The fourth-order valence-electron chi connectivity index (χ4n) is 7.40. The van der Waals surface area contributed by atoms with Gasteiger partial charge in [0.1, 0.15) is 22.3 Å². The van der Waals surface area contributed by atoms with E-state index in [1.54, 1.807) is 0 Å². The van der Waals surface area contributed by atoms with Gasteiger partial charge in [-0.1, -0.05) is 152 Å². The predicted octanol–water partition coefficient (Wildman–Crippen LogP) is 13.7. The molecule has 3 aromatic heterocycles. The molecular weight excluding hydrogens is 687 g/mol. The van der Waals surface area contributed by atoms with Crippen LogP contribution in [0.2, 0.25) is 0 Å². The second-order valence-electron chi connectivity index (χ2n) is 13.5. The van der Waals surface area contributed by atoms with E-state index in [0.29, 0.717) is 27.9 Å². The van der Waals surface area contributed by atoms with Gasteiger partial charge in [0.2, 0.25) is 0 Å². The molecule has 0 amide bonds. The number of nitrogens with zero attached hydrogens (tertiary/aromatic N) is 3. The van der Waals surface area contributed by atoms with E-state index in [2.05, 4.69) is 0 Å². The number of benzene rings is 8. The van der Waals surface area contributed by atoms with Crippen LogP contribution in [0.5, 0.6) is 0 Å². The lowest BCUT2D eigenvalue weighted by atomic mass is 9.96. The molecule has 0 bridgehead atoms. The number of rotatable bonds is 6. The fourth-order valence-corrected chi connectivity index (χ4v) is 7.40. The first-order chi connectivity index (χ1) is 30.2. The van der Waals surface area contributed by atoms with Crippen molar-refractivity contribution in [2.24, 2.45) is 0 Å². The van der Waals surface area contributed by atoms with Crippen LogP contribution in [0, 0.1) is 0 Å². The number of hydrogen-bond donors (Lipinski definition) is 0. The largest absolute Gasteiger partial charge is 0.456 e. The zero-order valence-corrected chi connectivity index (χ0v) is 29.6. The summed E-state index contributed by atoms with van der Waals surface area (Å²) in [6.07, 6.45) is 0. The molecule has 56 heavy (non-hydrogen) atoms. The third kappa shape index (κ3) is 5.45. The van der Waals surface area contributed by atoms with Gasteiger partial charge in [-0.15, -0.1) is 0 Å². The van der Waals surface area contributed by atoms with Crippen LogP contribution in [0.15, 0.2) is 197 Å². The molecule has 8 aromatic carbocycles. The van der Waals surface area contributed by atoms with Gasteiger partial charge in [0.25, 0.3) is 0 Å². The van der Waals surface area contributed by atoms with Crippen molar-refractivity contribution in [3.8, 4) is 67.5 Å². The van der Waals surface area contributed by atoms with E-state index in [1.807, 2.05) is 152 Å². The zero-order chi connectivity index (χ0) is 42.2. The number of aromatic nitrogens is 3. The van der Waals surface area contributed by atoms with Gasteiger partial charge in [-0.25, -0.2) is 15.0 Å². The Morgan fingerprint density at radius 2 is 0.946 bits per heavy atom. The van der Waals surface area contributed by atoms with Crippen molar-refractivity contribution >= 4 is 43.9 Å². The Balaban J connectivity index is 1.16. The highest BCUT2D eigenvalue weighted by atomic mass is 16.3. The molecule has 0 aliphatic rings. The van der Waals surface area contributed by atoms with Crippen molar-refractivity contribution in [3.05, 3.63) is 188 Å². The maximum Gasteiger partial charge on any atom is 0.164 e. The summed E-state index contributed by atoms with van der Waals surface area (Å²) in [6.45, 7) is 0. The first-order valence-electron chi connectivity index (χ1n) is 21.2. The van der Waals surface area contributed by atoms with E-state index in [1.165, 1.54) is 0 Å². The van der Waals surface area contributed by atoms with Crippen molar-refractivity contribution in [1.82, 2.24) is 15.0 Å². The monoisotopic (exact) mass is 723 g/mol. The van der Waals surface area contributed by atoms with Gasteiger partial charge in [-0.3, -0.25) is 0 Å². The summed E-state index contributed by atoms with van der Waals surface area (Å²) in [6, 6.07) is 46.6. The first-order valence-corrected chi connectivity index (χ1v) is 18.2. The highest BCUT2D eigenvalue weighted by molar-refractivity contribution is 6.14. The summed E-state index contributed by atoms with van der Waals surface area (Å²) >= 11 is 0. The van der Waals surface area contributed by atoms with Crippen LogP contribution in [-0.4, -0.2) is 15.0 Å². The molecule has 0 atom stereocenters. The summed E-state index contributed by atoms with van der Waals surface area (Å²) < 4.78 is 68.2. The molecular formula is C51H31N3O2. The summed E-state index contributed by atoms with van der Waals surface area (Å²) in [5.74, 6) is 0.546. The second kappa shape index (κ2) is 13.0. The molecule has 5 heteroatoms. The molecule has 262 valence electrons. The predicted molar refractivity (Wildman–Crippen MR) is 227 cm³/mol. The van der Waals surface area contributed by atoms with Crippen molar-refractivity contribution in [2.45, 2.75) is 0 Å². The molecule has 0 aliphatic carbocycles. The average Bonchev–Trinajstić information content (AvgIpc) is 3.91. The van der Waals surface area contributed by atoms with E-state index in [4.69, 9.17) is 27.9 Å². The summed E-state index contributed by atoms with van der Waals surface area (Å²) in [7, 11) is 0. The van der Waals surface area contributed by atoms with Gasteiger partial charge < -0.3 is 8.83 Å². The van der Waals surface area contributed by atoms with Gasteiger partial charge in [0.15, 0.2) is 17.5 Å². The highest BCUT2D eigenvalue weighted by Crippen LogP contribution is 2.40. The number of furan rings is 2. The molecule has 3 heterocycles. The van der Waals surface area contributed by atoms with Gasteiger partial charge in [-0.05, 0) is 69.7 Å². The zero-order valence-electron chi connectivity index (χ0n) is 35.6. The molecule has 0 radical (unpaired) electrons. The quantitative estimate of drug-likeness (QED) is 0.171. The number of para-hydroxylation sites is 1. The van der Waals surface area contributed by atoms with E-state index in [0.717, 1.165) is 33.0 Å². The molecule has 11 aromatic rings. The van der Waals surface area contributed by atoms with Crippen LogP contribution in [0.4, 0.5) is 0 Å². The Morgan fingerprint density at radius 3 is 1.77 bits per heavy atom. The minimum atomic E-state index is -0.355. The summed E-state index contributed by atoms with van der Waals surface area (Å²) in [5.41, 5.74) is 7.19. The van der Waals surface area contributed by atoms with Crippen LogP contribution < -0.4 is 0 Å². The maximum atomic E-state index is 9.67. The molecule has 0 fully saturated rings. The van der Waals surface area contributed by atoms with Crippen LogP contribution in [0.3, 0.4) is 0 Å². The number of hydrogen-bond acceptors (Lipinski definition) is 5. The smallest absolute Gasteiger partial charge is 0.164 e. The lowest BCUT2D eigenvalue weighted by Crippen LogP contribution is -2.00. The maximum absolute atomic E-state index is 9.67. The van der Waals surface area contributed by atoms with Crippen LogP contribution in [0.25, 0.3) is 111 Å². The van der Waals surface area contributed by atoms with Crippen molar-refractivity contribution in [2.75, 3.05) is 0 Å². The SMILES string of the molecule is [2H]c1c([2H])c(-c2cccc(-c3ccccc3)c2)c2c(oc3c([2H])c(-c4nc(-c5ccc(-c6ccccc6)cc5)nc(-c5cccc6oc7ccccc7c56)n4)c([2H])c([2H])c32)c1[2H]. The van der Waals surface area contributed by atoms with Crippen molar-refractivity contribution in [3.63, 3.8) is 0 Å². The lowest BCUT2D eigenvalue weighted by molar-refractivity contribution is 0.668. The average molecular weight is 724 g/mol. The molecule has 11 rings (SSSR count). The molecule has 0 saturated carbocycles. The minimum absolute atomic E-state index is 0.0166. The van der Waals surface area contributed by atoms with E-state index in [-0.39, 0.29) is 86.8 Å². The normalized spacial score (nSPS) is 13.1. The Labute approximate surface area is 330 Å². The standard InChI is InChI=1S/C51H31N3O2/c1-3-12-32(13-4-1)34-24-26-35(27-25-34)49-52-50(54-51(53-49)42-20-11-23-45-48(42)40-18-7-8-21-43(40)55-45)38-28-29-41-46(31-38)56-44-22-10-19-39(47(41)44)37-17-9-16-36(30-37)33-14-5-2-6-15-33/h1-31H/i10D,19D,22D,28D,29D,31D. The fraction of sp³-hybridized carbons (Fsp3) is 0. The Hall–Kier alpha value is -7.63. The molecule has 5 nitrogen and oxygen atoms in total. The van der Waals surface area contributed by atoms with E-state index >= 15 is 0 Å². The molecule has 0 N–H and O–H groups in total. The molecule has 0 aliphatic heterocycles. The molecule has 0 spiro atoms. The summed E-state index contributed by atoms with van der Waals surface area (Å²) in [5, 5.41) is 1.98. The first kappa shape index (κ1) is 26.2. The van der Waals surface area contributed by atoms with Crippen LogP contribution >= 0.6 is 0 Å². The van der Waals surface area contributed by atoms with E-state index in [9.17, 15) is 4.11 Å². The second-order valence-corrected chi connectivity index (χ2v) is 13.5. The Bertz CT molecular complexity index is 3590. The van der Waals surface area contributed by atoms with Crippen molar-refractivity contribution in [1.29, 1.82) is 0 Å². The van der Waals surface area contributed by atoms with Gasteiger partial charge in [0, 0.05) is 38.2 Å². The Morgan fingerprint density at radius 1 is 0.357 bits per heavy atom. The van der Waals surface area contributed by atoms with E-state index < -0.39 is 0 Å².